The highest BCUT2D eigenvalue weighted by molar-refractivity contribution is 8.02. The number of methoxy groups -OCH3 is 1. The number of amides is 1. The molecule has 0 radical (unpaired) electrons. The van der Waals surface area contributed by atoms with Crippen LogP contribution in [0.25, 0.3) is 0 Å². The predicted molar refractivity (Wildman–Crippen MR) is 118 cm³/mol. The molecular formula is C22H23N3O2S2. The summed E-state index contributed by atoms with van der Waals surface area (Å²) in [6.07, 6.45) is 3.33. The van der Waals surface area contributed by atoms with Gasteiger partial charge in [0.1, 0.15) is 15.8 Å². The monoisotopic (exact) mass is 425 g/mol. The van der Waals surface area contributed by atoms with Crippen LogP contribution in [0.5, 0.6) is 5.75 Å². The lowest BCUT2D eigenvalue weighted by atomic mass is 10.1. The molecule has 3 aromatic rings. The second kappa shape index (κ2) is 10.3. The zero-order chi connectivity index (χ0) is 20.6. The van der Waals surface area contributed by atoms with Gasteiger partial charge >= 0.3 is 0 Å². The van der Waals surface area contributed by atoms with E-state index >= 15 is 0 Å². The molecule has 3 rings (SSSR count). The fourth-order valence-electron chi connectivity index (χ4n) is 2.66. The van der Waals surface area contributed by atoms with Crippen molar-refractivity contribution in [2.24, 2.45) is 0 Å². The molecule has 1 amide bonds. The van der Waals surface area contributed by atoms with Crippen LogP contribution >= 0.6 is 23.5 Å². The molecule has 0 spiro atoms. The van der Waals surface area contributed by atoms with Gasteiger partial charge in [-0.3, -0.25) is 4.79 Å². The van der Waals surface area contributed by atoms with Crippen LogP contribution in [0.4, 0.5) is 0 Å². The van der Waals surface area contributed by atoms with E-state index in [9.17, 15) is 4.79 Å². The molecule has 1 atom stereocenters. The summed E-state index contributed by atoms with van der Waals surface area (Å²) in [6.45, 7) is 4.02. The zero-order valence-electron chi connectivity index (χ0n) is 16.6. The number of aromatic nitrogens is 2. The second-order valence-electron chi connectivity index (χ2n) is 6.44. The largest absolute Gasteiger partial charge is 0.497 e. The van der Waals surface area contributed by atoms with Crippen LogP contribution in [0, 0.1) is 6.92 Å². The van der Waals surface area contributed by atoms with Gasteiger partial charge in [0.15, 0.2) is 0 Å². The average Bonchev–Trinajstić information content (AvgIpc) is 2.73. The molecule has 5 nitrogen and oxygen atoms in total. The van der Waals surface area contributed by atoms with E-state index in [1.807, 2.05) is 43.3 Å². The molecule has 1 aromatic heterocycles. The summed E-state index contributed by atoms with van der Waals surface area (Å²) in [5, 5.41) is 4.59. The zero-order valence-corrected chi connectivity index (χ0v) is 18.2. The molecule has 1 heterocycles. The van der Waals surface area contributed by atoms with Gasteiger partial charge in [-0.05, 0) is 43.7 Å². The molecule has 0 aliphatic heterocycles. The van der Waals surface area contributed by atoms with Gasteiger partial charge in [-0.1, -0.05) is 53.4 Å². The maximum Gasteiger partial charge on any atom is 0.230 e. The Kier molecular flexibility index (Phi) is 7.55. The van der Waals surface area contributed by atoms with Gasteiger partial charge in [0.05, 0.1) is 18.9 Å². The summed E-state index contributed by atoms with van der Waals surface area (Å²) in [5.74, 6) is 1.03. The maximum absolute atomic E-state index is 12.4. The highest BCUT2D eigenvalue weighted by Crippen LogP contribution is 2.32. The first-order chi connectivity index (χ1) is 14.0. The van der Waals surface area contributed by atoms with Crippen molar-refractivity contribution >= 4 is 29.4 Å². The van der Waals surface area contributed by atoms with Crippen molar-refractivity contribution in [1.29, 1.82) is 0 Å². The van der Waals surface area contributed by atoms with E-state index in [2.05, 4.69) is 34.3 Å². The maximum atomic E-state index is 12.4. The Hall–Kier alpha value is -2.51. The molecule has 0 aliphatic rings. The lowest BCUT2D eigenvalue weighted by molar-refractivity contribution is -0.119. The minimum absolute atomic E-state index is 0.0459. The van der Waals surface area contributed by atoms with Gasteiger partial charge in [0.25, 0.3) is 0 Å². The van der Waals surface area contributed by atoms with Gasteiger partial charge in [0, 0.05) is 17.3 Å². The number of nitrogens with zero attached hydrogens (tertiary/aromatic N) is 2. The lowest BCUT2D eigenvalue weighted by Gasteiger charge is -2.15. The van der Waals surface area contributed by atoms with E-state index in [-0.39, 0.29) is 17.7 Å². The number of hydrogen-bond acceptors (Lipinski definition) is 6. The Morgan fingerprint density at radius 3 is 2.52 bits per heavy atom. The van der Waals surface area contributed by atoms with Crippen molar-refractivity contribution in [1.82, 2.24) is 15.3 Å². The van der Waals surface area contributed by atoms with Crippen LogP contribution in [-0.4, -0.2) is 28.7 Å². The quantitative estimate of drug-likeness (QED) is 0.517. The van der Waals surface area contributed by atoms with E-state index in [0.717, 1.165) is 26.3 Å². The number of hydrogen-bond donors (Lipinski definition) is 1. The number of carbonyl (C=O) groups is 1. The number of thioether (sulfide) groups is 1. The standard InChI is InChI=1S/C22H23N3O2S2/c1-15-5-4-6-19(13-15)29-22-21(23-11-12-24-22)28-14-20(26)25-16(2)17-7-9-18(27-3)10-8-17/h4-13,16H,14H2,1-3H3,(H,25,26)/t16-/m0/s1. The van der Waals surface area contributed by atoms with Crippen LogP contribution in [0.15, 0.2) is 75.9 Å². The van der Waals surface area contributed by atoms with Crippen LogP contribution in [0.2, 0.25) is 0 Å². The van der Waals surface area contributed by atoms with Crippen molar-refractivity contribution < 1.29 is 9.53 Å². The summed E-state index contributed by atoms with van der Waals surface area (Å²) in [5.41, 5.74) is 2.22. The number of rotatable bonds is 8. The number of carbonyl (C=O) groups excluding carboxylic acids is 1. The highest BCUT2D eigenvalue weighted by Gasteiger charge is 2.13. The smallest absolute Gasteiger partial charge is 0.230 e. The number of nitrogens with one attached hydrogen (secondary N) is 1. The van der Waals surface area contributed by atoms with E-state index in [1.165, 1.54) is 17.3 Å². The molecule has 0 fully saturated rings. The summed E-state index contributed by atoms with van der Waals surface area (Å²) in [4.78, 5) is 22.4. The van der Waals surface area contributed by atoms with E-state index in [0.29, 0.717) is 0 Å². The van der Waals surface area contributed by atoms with Crippen molar-refractivity contribution in [2.45, 2.75) is 34.8 Å². The van der Waals surface area contributed by atoms with Gasteiger partial charge < -0.3 is 10.1 Å². The number of aryl methyl sites for hydroxylation is 1. The van der Waals surface area contributed by atoms with Crippen LogP contribution in [0.1, 0.15) is 24.1 Å². The Balaban J connectivity index is 1.58. The molecule has 150 valence electrons. The van der Waals surface area contributed by atoms with Crippen molar-refractivity contribution in [2.75, 3.05) is 12.9 Å². The Morgan fingerprint density at radius 2 is 1.83 bits per heavy atom. The first-order valence-corrected chi connectivity index (χ1v) is 11.0. The fraction of sp³-hybridized carbons (Fsp3) is 0.227. The van der Waals surface area contributed by atoms with Gasteiger partial charge in [-0.2, -0.15) is 0 Å². The van der Waals surface area contributed by atoms with Crippen LogP contribution < -0.4 is 10.1 Å². The van der Waals surface area contributed by atoms with Crippen LogP contribution in [0.3, 0.4) is 0 Å². The molecular weight excluding hydrogens is 402 g/mol. The third-order valence-corrected chi connectivity index (χ3v) is 6.26. The van der Waals surface area contributed by atoms with Gasteiger partial charge in [0.2, 0.25) is 5.91 Å². The molecule has 0 unspecified atom stereocenters. The number of benzene rings is 2. The first-order valence-electron chi connectivity index (χ1n) is 9.17. The summed E-state index contributed by atoms with van der Waals surface area (Å²) in [6, 6.07) is 15.8. The minimum atomic E-state index is -0.0861. The Labute approximate surface area is 179 Å². The van der Waals surface area contributed by atoms with Crippen LogP contribution in [-0.2, 0) is 4.79 Å². The van der Waals surface area contributed by atoms with Crippen molar-refractivity contribution in [3.8, 4) is 5.75 Å². The molecule has 0 bridgehead atoms. The topological polar surface area (TPSA) is 64.1 Å². The summed E-state index contributed by atoms with van der Waals surface area (Å²) >= 11 is 2.95. The van der Waals surface area contributed by atoms with Gasteiger partial charge in [-0.15, -0.1) is 0 Å². The molecule has 29 heavy (non-hydrogen) atoms. The fourth-order valence-corrected chi connectivity index (χ4v) is 4.50. The summed E-state index contributed by atoms with van der Waals surface area (Å²) in [7, 11) is 1.63. The molecule has 0 saturated heterocycles. The first kappa shape index (κ1) is 21.2. The van der Waals surface area contributed by atoms with E-state index in [1.54, 1.807) is 31.3 Å². The Bertz CT molecular complexity index is 964. The van der Waals surface area contributed by atoms with Crippen molar-refractivity contribution in [3.63, 3.8) is 0 Å². The molecule has 0 saturated carbocycles. The second-order valence-corrected chi connectivity index (χ2v) is 8.46. The van der Waals surface area contributed by atoms with E-state index < -0.39 is 0 Å². The Morgan fingerprint density at radius 1 is 1.10 bits per heavy atom. The minimum Gasteiger partial charge on any atom is -0.497 e. The third-order valence-electron chi connectivity index (χ3n) is 4.17. The normalized spacial score (nSPS) is 11.7. The number of ether oxygens (including phenoxy) is 1. The molecule has 0 aliphatic carbocycles. The van der Waals surface area contributed by atoms with Gasteiger partial charge in [-0.25, -0.2) is 9.97 Å². The third kappa shape index (κ3) is 6.24. The predicted octanol–water partition coefficient (Wildman–Crippen LogP) is 4.91. The van der Waals surface area contributed by atoms with Crippen molar-refractivity contribution in [3.05, 3.63) is 72.1 Å². The SMILES string of the molecule is COc1ccc([C@H](C)NC(=O)CSc2nccnc2Sc2cccc(C)c2)cc1. The molecule has 2 aromatic carbocycles. The highest BCUT2D eigenvalue weighted by atomic mass is 32.2. The average molecular weight is 426 g/mol. The summed E-state index contributed by atoms with van der Waals surface area (Å²) < 4.78 is 5.17. The molecule has 7 heteroatoms. The lowest BCUT2D eigenvalue weighted by Crippen LogP contribution is -2.28. The molecule has 1 N–H and O–H groups in total. The van der Waals surface area contributed by atoms with E-state index in [4.69, 9.17) is 4.74 Å².